The second kappa shape index (κ2) is 8.61. The van der Waals surface area contributed by atoms with E-state index in [0.717, 1.165) is 29.3 Å². The zero-order valence-corrected chi connectivity index (χ0v) is 19.1. The second-order valence-electron chi connectivity index (χ2n) is 8.28. The number of rotatable bonds is 7. The summed E-state index contributed by atoms with van der Waals surface area (Å²) in [5.74, 6) is -1.16. The fourth-order valence-electron chi connectivity index (χ4n) is 3.65. The third-order valence-electron chi connectivity index (χ3n) is 5.89. The van der Waals surface area contributed by atoms with Crippen LogP contribution in [-0.4, -0.2) is 41.2 Å². The first-order valence-corrected chi connectivity index (χ1v) is 10.8. The van der Waals surface area contributed by atoms with Gasteiger partial charge in [0.15, 0.2) is 5.69 Å². The van der Waals surface area contributed by atoms with Gasteiger partial charge in [-0.25, -0.2) is 0 Å². The molecule has 2 N–H and O–H groups in total. The van der Waals surface area contributed by atoms with Gasteiger partial charge in [0.1, 0.15) is 11.7 Å². The lowest BCUT2D eigenvalue weighted by molar-refractivity contribution is -0.141. The number of halogens is 3. The SMILES string of the molecule is CCn1ncc(NC(=O)C(C)n2nc(C(F)(F)F)cc2C2CC2)c1C(=O)Nc1cnn(C)c1C. The van der Waals surface area contributed by atoms with Crippen LogP contribution in [0.3, 0.4) is 0 Å². The average Bonchev–Trinajstić information content (AvgIpc) is 3.26. The van der Waals surface area contributed by atoms with Crippen LogP contribution in [-0.2, 0) is 24.6 Å². The molecule has 1 aliphatic carbocycles. The summed E-state index contributed by atoms with van der Waals surface area (Å²) < 4.78 is 43.8. The van der Waals surface area contributed by atoms with E-state index < -0.39 is 29.7 Å². The number of nitrogens with zero attached hydrogens (tertiary/aromatic N) is 6. The van der Waals surface area contributed by atoms with Crippen LogP contribution >= 0.6 is 0 Å². The van der Waals surface area contributed by atoms with Crippen molar-refractivity contribution in [2.75, 3.05) is 10.6 Å². The predicted octanol–water partition coefficient (Wildman–Crippen LogP) is 3.49. The molecule has 0 bridgehead atoms. The maximum absolute atomic E-state index is 13.2. The molecular formula is C21H25F3N8O2. The van der Waals surface area contributed by atoms with Crippen molar-refractivity contribution >= 4 is 23.2 Å². The minimum absolute atomic E-state index is 0.0502. The molecule has 1 saturated carbocycles. The molecule has 0 saturated heterocycles. The molecule has 10 nitrogen and oxygen atoms in total. The minimum atomic E-state index is -4.61. The van der Waals surface area contributed by atoms with Gasteiger partial charge in [-0.05, 0) is 39.7 Å². The normalized spacial score (nSPS) is 14.8. The average molecular weight is 478 g/mol. The molecule has 4 rings (SSSR count). The number of hydrogen-bond donors (Lipinski definition) is 2. The van der Waals surface area contributed by atoms with Crippen molar-refractivity contribution in [1.82, 2.24) is 29.3 Å². The van der Waals surface area contributed by atoms with Crippen LogP contribution in [0.2, 0.25) is 0 Å². The van der Waals surface area contributed by atoms with Gasteiger partial charge in [0.25, 0.3) is 5.91 Å². The lowest BCUT2D eigenvalue weighted by Crippen LogP contribution is -2.27. The quantitative estimate of drug-likeness (QED) is 0.540. The van der Waals surface area contributed by atoms with Gasteiger partial charge >= 0.3 is 6.18 Å². The van der Waals surface area contributed by atoms with E-state index in [1.807, 2.05) is 0 Å². The summed E-state index contributed by atoms with van der Waals surface area (Å²) in [4.78, 5) is 26.0. The lowest BCUT2D eigenvalue weighted by Gasteiger charge is -2.16. The Balaban J connectivity index is 1.58. The van der Waals surface area contributed by atoms with Crippen LogP contribution in [0.4, 0.5) is 24.5 Å². The molecule has 3 aromatic rings. The molecule has 34 heavy (non-hydrogen) atoms. The number of alkyl halides is 3. The van der Waals surface area contributed by atoms with Crippen molar-refractivity contribution < 1.29 is 22.8 Å². The van der Waals surface area contributed by atoms with E-state index in [1.165, 1.54) is 24.0 Å². The van der Waals surface area contributed by atoms with E-state index in [1.54, 1.807) is 25.6 Å². The van der Waals surface area contributed by atoms with E-state index in [-0.39, 0.29) is 17.3 Å². The Hall–Kier alpha value is -3.64. The predicted molar refractivity (Wildman–Crippen MR) is 116 cm³/mol. The van der Waals surface area contributed by atoms with Crippen molar-refractivity contribution in [2.45, 2.75) is 58.3 Å². The van der Waals surface area contributed by atoms with Crippen LogP contribution in [0.5, 0.6) is 0 Å². The fourth-order valence-corrected chi connectivity index (χ4v) is 3.65. The van der Waals surface area contributed by atoms with Crippen molar-refractivity contribution in [2.24, 2.45) is 7.05 Å². The summed E-state index contributed by atoms with van der Waals surface area (Å²) in [6, 6.07) is -0.0285. The van der Waals surface area contributed by atoms with E-state index in [9.17, 15) is 22.8 Å². The number of carbonyl (C=O) groups is 2. The summed E-state index contributed by atoms with van der Waals surface area (Å²) >= 11 is 0. The van der Waals surface area contributed by atoms with Gasteiger partial charge in [0.05, 0.1) is 29.5 Å². The molecule has 1 atom stereocenters. The van der Waals surface area contributed by atoms with E-state index in [4.69, 9.17) is 0 Å². The molecule has 13 heteroatoms. The summed E-state index contributed by atoms with van der Waals surface area (Å²) in [7, 11) is 1.74. The lowest BCUT2D eigenvalue weighted by atomic mass is 10.2. The third kappa shape index (κ3) is 4.41. The molecule has 3 aromatic heterocycles. The molecule has 1 aliphatic rings. The highest BCUT2D eigenvalue weighted by atomic mass is 19.4. The van der Waals surface area contributed by atoms with Crippen LogP contribution in [0.25, 0.3) is 0 Å². The number of amides is 2. The smallest absolute Gasteiger partial charge is 0.321 e. The Labute approximate surface area is 193 Å². The molecular weight excluding hydrogens is 453 g/mol. The largest absolute Gasteiger partial charge is 0.435 e. The van der Waals surface area contributed by atoms with Gasteiger partial charge in [-0.1, -0.05) is 0 Å². The van der Waals surface area contributed by atoms with Crippen LogP contribution < -0.4 is 10.6 Å². The maximum Gasteiger partial charge on any atom is 0.435 e. The molecule has 0 aliphatic heterocycles. The van der Waals surface area contributed by atoms with Gasteiger partial charge in [-0.15, -0.1) is 0 Å². The first-order chi connectivity index (χ1) is 16.0. The summed E-state index contributed by atoms with van der Waals surface area (Å²) in [6.07, 6.45) is -0.263. The Morgan fingerprint density at radius 3 is 2.41 bits per heavy atom. The molecule has 1 unspecified atom stereocenters. The molecule has 3 heterocycles. The van der Waals surface area contributed by atoms with Gasteiger partial charge < -0.3 is 10.6 Å². The monoisotopic (exact) mass is 478 g/mol. The Morgan fingerprint density at radius 1 is 1.18 bits per heavy atom. The third-order valence-corrected chi connectivity index (χ3v) is 5.89. The molecule has 0 aromatic carbocycles. The van der Waals surface area contributed by atoms with Crippen molar-refractivity contribution in [3.8, 4) is 0 Å². The molecule has 182 valence electrons. The topological polar surface area (TPSA) is 112 Å². The number of nitrogens with one attached hydrogen (secondary N) is 2. The highest BCUT2D eigenvalue weighted by Gasteiger charge is 2.39. The first-order valence-electron chi connectivity index (χ1n) is 10.8. The van der Waals surface area contributed by atoms with E-state index in [0.29, 0.717) is 17.9 Å². The Morgan fingerprint density at radius 2 is 1.85 bits per heavy atom. The summed E-state index contributed by atoms with van der Waals surface area (Å²) in [6.45, 7) is 5.41. The fraction of sp³-hybridized carbons (Fsp3) is 0.476. The maximum atomic E-state index is 13.2. The van der Waals surface area contributed by atoms with Gasteiger partial charge in [-0.3, -0.25) is 23.6 Å². The molecule has 0 spiro atoms. The molecule has 1 fully saturated rings. The van der Waals surface area contributed by atoms with Crippen molar-refractivity contribution in [1.29, 1.82) is 0 Å². The summed E-state index contributed by atoms with van der Waals surface area (Å²) in [5, 5.41) is 17.3. The minimum Gasteiger partial charge on any atom is -0.321 e. The van der Waals surface area contributed by atoms with Gasteiger partial charge in [0, 0.05) is 25.2 Å². The van der Waals surface area contributed by atoms with E-state index >= 15 is 0 Å². The number of hydrogen-bond acceptors (Lipinski definition) is 5. The number of aryl methyl sites for hydroxylation is 2. The Kier molecular flexibility index (Phi) is 5.96. The highest BCUT2D eigenvalue weighted by molar-refractivity contribution is 6.09. The van der Waals surface area contributed by atoms with Crippen LogP contribution in [0.1, 0.15) is 66.2 Å². The van der Waals surface area contributed by atoms with Gasteiger partial charge in [0.2, 0.25) is 5.91 Å². The zero-order valence-electron chi connectivity index (χ0n) is 19.1. The molecule has 2 amide bonds. The van der Waals surface area contributed by atoms with Crippen molar-refractivity contribution in [3.05, 3.63) is 41.2 Å². The zero-order chi connectivity index (χ0) is 24.8. The Bertz CT molecular complexity index is 1240. The number of anilines is 2. The van der Waals surface area contributed by atoms with Crippen molar-refractivity contribution in [3.63, 3.8) is 0 Å². The van der Waals surface area contributed by atoms with Gasteiger partial charge in [-0.2, -0.15) is 28.5 Å². The van der Waals surface area contributed by atoms with E-state index in [2.05, 4.69) is 25.9 Å². The highest BCUT2D eigenvalue weighted by Crippen LogP contribution is 2.43. The molecule has 0 radical (unpaired) electrons. The second-order valence-corrected chi connectivity index (χ2v) is 8.28. The number of aromatic nitrogens is 6. The summed E-state index contributed by atoms with van der Waals surface area (Å²) in [5.41, 5.74) is 0.859. The first kappa shape index (κ1) is 23.5. The van der Waals surface area contributed by atoms with Crippen LogP contribution in [0.15, 0.2) is 18.5 Å². The number of carbonyl (C=O) groups excluding carboxylic acids is 2. The van der Waals surface area contributed by atoms with Crippen LogP contribution in [0, 0.1) is 6.92 Å². The standard InChI is InChI=1S/C21H25F3N8O2/c1-5-31-18(20(34)27-14-9-25-30(4)11(14)2)15(10-26-31)28-19(33)12(3)32-16(13-6-7-13)8-17(29-32)21(22,23)24/h8-10,12-13H,5-7H2,1-4H3,(H,27,34)(H,28,33).